The molecule has 1 aromatic heterocycles. The van der Waals surface area contributed by atoms with E-state index in [1.165, 1.54) is 18.2 Å². The maximum absolute atomic E-state index is 13.7. The lowest BCUT2D eigenvalue weighted by Gasteiger charge is -2.16. The van der Waals surface area contributed by atoms with Crippen LogP contribution >= 0.6 is 0 Å². The van der Waals surface area contributed by atoms with Crippen LogP contribution in [0, 0.1) is 15.9 Å². The van der Waals surface area contributed by atoms with Gasteiger partial charge in [-0.05, 0) is 13.0 Å². The number of nitro groups is 1. The topological polar surface area (TPSA) is 106 Å². The minimum atomic E-state index is -0.554. The van der Waals surface area contributed by atoms with E-state index in [0.717, 1.165) is 0 Å². The summed E-state index contributed by atoms with van der Waals surface area (Å²) in [4.78, 5) is 14.4. The second-order valence-electron chi connectivity index (χ2n) is 4.38. The zero-order chi connectivity index (χ0) is 15.4. The third-order valence-corrected chi connectivity index (χ3v) is 2.90. The van der Waals surface area contributed by atoms with E-state index in [1.54, 1.807) is 25.1 Å². The lowest BCUT2D eigenvalue weighted by molar-refractivity contribution is -0.384. The number of halogens is 1. The highest BCUT2D eigenvalue weighted by Crippen LogP contribution is 2.25. The van der Waals surface area contributed by atoms with Crippen LogP contribution in [0.3, 0.4) is 0 Å². The largest absolute Gasteiger partial charge is 0.363 e. The van der Waals surface area contributed by atoms with E-state index in [2.05, 4.69) is 15.7 Å². The number of hydrogen-bond donors (Lipinski definition) is 3. The van der Waals surface area contributed by atoms with E-state index < -0.39 is 11.0 Å². The van der Waals surface area contributed by atoms with Gasteiger partial charge in [-0.2, -0.15) is 0 Å². The maximum atomic E-state index is 13.7. The number of nitrogen functional groups attached to an aromatic ring is 1. The molecule has 8 heteroatoms. The molecule has 0 spiro atoms. The molecule has 2 rings (SSSR count). The van der Waals surface area contributed by atoms with E-state index in [1.807, 2.05) is 0 Å². The first-order valence-electron chi connectivity index (χ1n) is 6.15. The molecule has 7 nitrogen and oxygen atoms in total. The van der Waals surface area contributed by atoms with Crippen LogP contribution in [0.15, 0.2) is 36.4 Å². The van der Waals surface area contributed by atoms with E-state index >= 15 is 0 Å². The van der Waals surface area contributed by atoms with Crippen LogP contribution in [0.5, 0.6) is 0 Å². The first kappa shape index (κ1) is 14.7. The summed E-state index contributed by atoms with van der Waals surface area (Å²) in [6.07, 6.45) is 0. The summed E-state index contributed by atoms with van der Waals surface area (Å²) in [5.41, 5.74) is 2.53. The molecular weight excluding hydrogens is 277 g/mol. The van der Waals surface area contributed by atoms with Crippen molar-refractivity contribution in [3.8, 4) is 0 Å². The lowest BCUT2D eigenvalue weighted by Crippen LogP contribution is -2.13. The van der Waals surface area contributed by atoms with Crippen molar-refractivity contribution in [1.82, 2.24) is 4.98 Å². The Kier molecular flexibility index (Phi) is 4.29. The van der Waals surface area contributed by atoms with Crippen LogP contribution in [-0.2, 0) is 0 Å². The number of hydrogen-bond acceptors (Lipinski definition) is 6. The van der Waals surface area contributed by atoms with Crippen LogP contribution in [-0.4, -0.2) is 9.91 Å². The second-order valence-corrected chi connectivity index (χ2v) is 4.38. The van der Waals surface area contributed by atoms with Crippen molar-refractivity contribution in [2.75, 3.05) is 10.7 Å². The Morgan fingerprint density at radius 3 is 2.62 bits per heavy atom. The van der Waals surface area contributed by atoms with Gasteiger partial charge in [0.05, 0.1) is 23.1 Å². The monoisotopic (exact) mass is 291 g/mol. The van der Waals surface area contributed by atoms with Gasteiger partial charge in [-0.1, -0.05) is 18.2 Å². The second kappa shape index (κ2) is 6.14. The molecule has 0 aliphatic rings. The average Bonchev–Trinajstić information content (AvgIpc) is 2.47. The molecule has 0 radical (unpaired) electrons. The quantitative estimate of drug-likeness (QED) is 0.444. The van der Waals surface area contributed by atoms with Gasteiger partial charge in [0, 0.05) is 5.56 Å². The zero-order valence-corrected chi connectivity index (χ0v) is 11.2. The number of nitrogens with one attached hydrogen (secondary N) is 2. The molecule has 0 amide bonds. The number of pyridine rings is 1. The Hall–Kier alpha value is -2.74. The Morgan fingerprint density at radius 2 is 2.00 bits per heavy atom. The summed E-state index contributed by atoms with van der Waals surface area (Å²) >= 11 is 0. The summed E-state index contributed by atoms with van der Waals surface area (Å²) in [5.74, 6) is 5.25. The van der Waals surface area contributed by atoms with Crippen molar-refractivity contribution < 1.29 is 9.31 Å². The summed E-state index contributed by atoms with van der Waals surface area (Å²) in [6.45, 7) is 1.73. The highest BCUT2D eigenvalue weighted by atomic mass is 19.1. The van der Waals surface area contributed by atoms with Gasteiger partial charge in [-0.3, -0.25) is 10.1 Å². The van der Waals surface area contributed by atoms with Crippen molar-refractivity contribution in [2.24, 2.45) is 5.84 Å². The van der Waals surface area contributed by atoms with Crippen molar-refractivity contribution in [1.29, 1.82) is 0 Å². The Morgan fingerprint density at radius 1 is 1.33 bits per heavy atom. The van der Waals surface area contributed by atoms with Gasteiger partial charge in [0.25, 0.3) is 5.69 Å². The predicted molar refractivity (Wildman–Crippen MR) is 77.1 cm³/mol. The van der Waals surface area contributed by atoms with Crippen LogP contribution in [0.25, 0.3) is 0 Å². The third kappa shape index (κ3) is 3.42. The molecule has 0 aliphatic heterocycles. The predicted octanol–water partition coefficient (Wildman–Crippen LogP) is 2.59. The molecule has 0 saturated heterocycles. The molecule has 0 saturated carbocycles. The molecule has 4 N–H and O–H groups in total. The highest BCUT2D eigenvalue weighted by Gasteiger charge is 2.15. The number of aromatic nitrogens is 1. The van der Waals surface area contributed by atoms with Gasteiger partial charge >= 0.3 is 0 Å². The Labute approximate surface area is 120 Å². The van der Waals surface area contributed by atoms with E-state index in [0.29, 0.717) is 5.56 Å². The van der Waals surface area contributed by atoms with E-state index in [-0.39, 0.29) is 23.1 Å². The van der Waals surface area contributed by atoms with Crippen LogP contribution < -0.4 is 16.6 Å². The van der Waals surface area contributed by atoms with Crippen molar-refractivity contribution in [2.45, 2.75) is 13.0 Å². The smallest absolute Gasteiger partial charge is 0.276 e. The lowest BCUT2D eigenvalue weighted by atomic mass is 10.1. The van der Waals surface area contributed by atoms with Gasteiger partial charge in [0.2, 0.25) is 0 Å². The van der Waals surface area contributed by atoms with Gasteiger partial charge in [-0.25, -0.2) is 15.2 Å². The van der Waals surface area contributed by atoms with Crippen molar-refractivity contribution in [3.05, 3.63) is 57.9 Å². The highest BCUT2D eigenvalue weighted by molar-refractivity contribution is 5.55. The number of anilines is 2. The van der Waals surface area contributed by atoms with Crippen LogP contribution in [0.4, 0.5) is 21.7 Å². The zero-order valence-electron chi connectivity index (χ0n) is 11.2. The van der Waals surface area contributed by atoms with Gasteiger partial charge in [0.1, 0.15) is 17.5 Å². The number of benzene rings is 1. The molecule has 110 valence electrons. The molecule has 1 unspecified atom stereocenters. The third-order valence-electron chi connectivity index (χ3n) is 2.90. The fourth-order valence-electron chi connectivity index (χ4n) is 1.90. The minimum absolute atomic E-state index is 0.146. The molecular formula is C13H14FN5O2. The molecule has 1 aromatic carbocycles. The molecule has 1 heterocycles. The Bertz CT molecular complexity index is 665. The molecule has 2 aromatic rings. The molecule has 0 aliphatic carbocycles. The number of nitrogens with zero attached hydrogens (tertiary/aromatic N) is 2. The normalized spacial score (nSPS) is 11.8. The summed E-state index contributed by atoms with van der Waals surface area (Å²) in [5, 5.41) is 13.8. The number of nitrogens with two attached hydrogens (primary N) is 1. The molecule has 0 bridgehead atoms. The van der Waals surface area contributed by atoms with E-state index in [4.69, 9.17) is 5.84 Å². The minimum Gasteiger partial charge on any atom is -0.363 e. The van der Waals surface area contributed by atoms with Gasteiger partial charge in [0.15, 0.2) is 0 Å². The number of hydrazine groups is 1. The summed E-state index contributed by atoms with van der Waals surface area (Å²) in [7, 11) is 0. The summed E-state index contributed by atoms with van der Waals surface area (Å²) in [6, 6.07) is 8.34. The molecule has 21 heavy (non-hydrogen) atoms. The fourth-order valence-corrected chi connectivity index (χ4v) is 1.90. The standard InChI is InChI=1S/C13H14FN5O2/c1-8(10-4-2-3-5-11(10)14)16-12-6-9(19(20)21)7-13(17-12)18-15/h2-8H,15H2,1H3,(H2,16,17,18). The van der Waals surface area contributed by atoms with Crippen molar-refractivity contribution in [3.63, 3.8) is 0 Å². The first-order valence-corrected chi connectivity index (χ1v) is 6.15. The SMILES string of the molecule is CC(Nc1cc([N+](=O)[O-])cc(NN)n1)c1ccccc1F. The summed E-state index contributed by atoms with van der Waals surface area (Å²) < 4.78 is 13.7. The Balaban J connectivity index is 2.28. The first-order chi connectivity index (χ1) is 10.0. The number of rotatable bonds is 5. The van der Waals surface area contributed by atoms with E-state index in [9.17, 15) is 14.5 Å². The fraction of sp³-hybridized carbons (Fsp3) is 0.154. The van der Waals surface area contributed by atoms with Crippen LogP contribution in [0.2, 0.25) is 0 Å². The van der Waals surface area contributed by atoms with Crippen LogP contribution in [0.1, 0.15) is 18.5 Å². The maximum Gasteiger partial charge on any atom is 0.276 e. The molecule has 1 atom stereocenters. The van der Waals surface area contributed by atoms with Gasteiger partial charge < -0.3 is 10.7 Å². The average molecular weight is 291 g/mol. The van der Waals surface area contributed by atoms with Gasteiger partial charge in [-0.15, -0.1) is 0 Å². The molecule has 0 fully saturated rings. The van der Waals surface area contributed by atoms with Crippen molar-refractivity contribution >= 4 is 17.3 Å².